The molecular formula is C7H15ClN2O3S. The lowest BCUT2D eigenvalue weighted by molar-refractivity contribution is -0.122. The predicted octanol–water partition coefficient (Wildman–Crippen LogP) is -0.435. The summed E-state index contributed by atoms with van der Waals surface area (Å²) in [6.45, 7) is 0.818. The molecule has 1 saturated heterocycles. The number of piperidine rings is 1. The maximum absolute atomic E-state index is 11.1. The molecule has 0 atom stereocenters. The first-order valence-corrected chi connectivity index (χ1v) is 6.00. The van der Waals surface area contributed by atoms with Crippen molar-refractivity contribution in [2.24, 2.45) is 11.7 Å². The highest BCUT2D eigenvalue weighted by atomic mass is 35.5. The van der Waals surface area contributed by atoms with E-state index in [-0.39, 0.29) is 24.2 Å². The van der Waals surface area contributed by atoms with Crippen molar-refractivity contribution in [3.63, 3.8) is 0 Å². The average Bonchev–Trinajstić information content (AvgIpc) is 2.03. The molecule has 1 rings (SSSR count). The van der Waals surface area contributed by atoms with E-state index >= 15 is 0 Å². The van der Waals surface area contributed by atoms with Gasteiger partial charge in [-0.3, -0.25) is 4.79 Å². The summed E-state index contributed by atoms with van der Waals surface area (Å²) in [5.74, 6) is -0.480. The van der Waals surface area contributed by atoms with Crippen LogP contribution in [0.15, 0.2) is 0 Å². The van der Waals surface area contributed by atoms with Gasteiger partial charge in [-0.1, -0.05) is 0 Å². The highest BCUT2D eigenvalue weighted by molar-refractivity contribution is 7.88. The molecule has 1 aliphatic rings. The van der Waals surface area contributed by atoms with Crippen molar-refractivity contribution in [1.82, 2.24) is 4.31 Å². The van der Waals surface area contributed by atoms with Gasteiger partial charge in [0.05, 0.1) is 6.26 Å². The Bertz CT molecular complexity index is 296. The second-order valence-corrected chi connectivity index (χ2v) is 5.32. The van der Waals surface area contributed by atoms with Crippen LogP contribution in [0.2, 0.25) is 0 Å². The van der Waals surface area contributed by atoms with Gasteiger partial charge in [0.1, 0.15) is 0 Å². The van der Waals surface area contributed by atoms with Crippen molar-refractivity contribution in [3.8, 4) is 0 Å². The van der Waals surface area contributed by atoms with E-state index in [0.717, 1.165) is 0 Å². The molecule has 1 aliphatic heterocycles. The van der Waals surface area contributed by atoms with Gasteiger partial charge in [-0.25, -0.2) is 12.7 Å². The largest absolute Gasteiger partial charge is 0.369 e. The Kier molecular flexibility index (Phi) is 4.83. The third-order valence-electron chi connectivity index (χ3n) is 2.33. The first kappa shape index (κ1) is 13.7. The van der Waals surface area contributed by atoms with Crippen molar-refractivity contribution in [3.05, 3.63) is 0 Å². The van der Waals surface area contributed by atoms with Crippen molar-refractivity contribution in [1.29, 1.82) is 0 Å². The van der Waals surface area contributed by atoms with Crippen LogP contribution in [0.25, 0.3) is 0 Å². The Morgan fingerprint density at radius 3 is 2.07 bits per heavy atom. The van der Waals surface area contributed by atoms with Crippen LogP contribution in [0.3, 0.4) is 0 Å². The second kappa shape index (κ2) is 4.95. The van der Waals surface area contributed by atoms with Crippen LogP contribution in [0, 0.1) is 5.92 Å². The number of hydrogen-bond acceptors (Lipinski definition) is 3. The third-order valence-corrected chi connectivity index (χ3v) is 3.63. The second-order valence-electron chi connectivity index (χ2n) is 3.34. The van der Waals surface area contributed by atoms with Gasteiger partial charge in [0.2, 0.25) is 15.9 Å². The number of nitrogens with two attached hydrogens (primary N) is 1. The molecule has 0 aromatic carbocycles. The maximum Gasteiger partial charge on any atom is 0.220 e. The smallest absolute Gasteiger partial charge is 0.220 e. The first-order chi connectivity index (χ1) is 5.91. The van der Waals surface area contributed by atoms with Crippen LogP contribution in [0.1, 0.15) is 12.8 Å². The number of hydrogen-bond donors (Lipinski definition) is 1. The lowest BCUT2D eigenvalue weighted by Crippen LogP contribution is -2.41. The molecule has 0 aliphatic carbocycles. The van der Waals surface area contributed by atoms with E-state index in [1.807, 2.05) is 0 Å². The van der Waals surface area contributed by atoms with E-state index in [2.05, 4.69) is 0 Å². The van der Waals surface area contributed by atoms with Crippen LogP contribution >= 0.6 is 12.4 Å². The van der Waals surface area contributed by atoms with Crippen molar-refractivity contribution in [2.45, 2.75) is 12.8 Å². The quantitative estimate of drug-likeness (QED) is 0.713. The van der Waals surface area contributed by atoms with Gasteiger partial charge in [-0.2, -0.15) is 0 Å². The number of sulfonamides is 1. The monoisotopic (exact) mass is 242 g/mol. The molecule has 14 heavy (non-hydrogen) atoms. The Labute approximate surface area is 90.1 Å². The molecular weight excluding hydrogens is 228 g/mol. The van der Waals surface area contributed by atoms with Crippen molar-refractivity contribution >= 4 is 28.3 Å². The van der Waals surface area contributed by atoms with Gasteiger partial charge in [0, 0.05) is 19.0 Å². The number of carbonyl (C=O) groups excluding carboxylic acids is 1. The molecule has 0 saturated carbocycles. The summed E-state index contributed by atoms with van der Waals surface area (Å²) < 4.78 is 23.5. The van der Waals surface area contributed by atoms with Crippen LogP contribution in [0.4, 0.5) is 0 Å². The lowest BCUT2D eigenvalue weighted by atomic mass is 9.98. The Balaban J connectivity index is 0.00000169. The summed E-state index contributed by atoms with van der Waals surface area (Å²) in [5.41, 5.74) is 5.11. The normalized spacial score (nSPS) is 20.1. The number of rotatable bonds is 2. The van der Waals surface area contributed by atoms with Gasteiger partial charge in [-0.15, -0.1) is 12.4 Å². The minimum Gasteiger partial charge on any atom is -0.369 e. The summed E-state index contributed by atoms with van der Waals surface area (Å²) in [6, 6.07) is 0. The van der Waals surface area contributed by atoms with Gasteiger partial charge >= 0.3 is 0 Å². The van der Waals surface area contributed by atoms with Crippen LogP contribution < -0.4 is 5.73 Å². The zero-order valence-electron chi connectivity index (χ0n) is 7.97. The number of nitrogens with zero attached hydrogens (tertiary/aromatic N) is 1. The summed E-state index contributed by atoms with van der Waals surface area (Å²) >= 11 is 0. The topological polar surface area (TPSA) is 80.5 Å². The Morgan fingerprint density at radius 1 is 1.36 bits per heavy atom. The zero-order valence-corrected chi connectivity index (χ0v) is 9.60. The molecule has 2 N–H and O–H groups in total. The Morgan fingerprint density at radius 2 is 1.79 bits per heavy atom. The van der Waals surface area contributed by atoms with Crippen molar-refractivity contribution in [2.75, 3.05) is 19.3 Å². The lowest BCUT2D eigenvalue weighted by Gasteiger charge is -2.28. The Hall–Kier alpha value is -0.330. The molecule has 1 fully saturated rings. The minimum atomic E-state index is -3.09. The maximum atomic E-state index is 11.1. The number of amides is 1. The molecule has 0 aromatic rings. The number of halogens is 1. The molecule has 84 valence electrons. The molecule has 0 bridgehead atoms. The highest BCUT2D eigenvalue weighted by Crippen LogP contribution is 2.18. The molecule has 0 radical (unpaired) electrons. The molecule has 5 nitrogen and oxygen atoms in total. The van der Waals surface area contributed by atoms with E-state index in [0.29, 0.717) is 25.9 Å². The van der Waals surface area contributed by atoms with Crippen LogP contribution in [-0.4, -0.2) is 38.0 Å². The fourth-order valence-corrected chi connectivity index (χ4v) is 2.35. The summed E-state index contributed by atoms with van der Waals surface area (Å²) in [7, 11) is -3.09. The number of primary amides is 1. The van der Waals surface area contributed by atoms with E-state index in [9.17, 15) is 13.2 Å². The summed E-state index contributed by atoms with van der Waals surface area (Å²) in [4.78, 5) is 10.8. The minimum absolute atomic E-state index is 0. The highest BCUT2D eigenvalue weighted by Gasteiger charge is 2.27. The molecule has 1 amide bonds. The molecule has 0 unspecified atom stereocenters. The fourth-order valence-electron chi connectivity index (χ4n) is 1.47. The average molecular weight is 243 g/mol. The SMILES string of the molecule is CS(=O)(=O)N1CCC(C(N)=O)CC1.Cl. The molecule has 0 spiro atoms. The number of carbonyl (C=O) groups is 1. The zero-order chi connectivity index (χ0) is 10.1. The van der Waals surface area contributed by atoms with Gasteiger partial charge < -0.3 is 5.73 Å². The van der Waals surface area contributed by atoms with Gasteiger partial charge in [0.25, 0.3) is 0 Å². The van der Waals surface area contributed by atoms with Crippen LogP contribution in [-0.2, 0) is 14.8 Å². The van der Waals surface area contributed by atoms with Gasteiger partial charge in [-0.05, 0) is 12.8 Å². The van der Waals surface area contributed by atoms with E-state index in [1.165, 1.54) is 10.6 Å². The third kappa shape index (κ3) is 3.43. The fraction of sp³-hybridized carbons (Fsp3) is 0.857. The van der Waals surface area contributed by atoms with Crippen LogP contribution in [0.5, 0.6) is 0 Å². The van der Waals surface area contributed by atoms with E-state index < -0.39 is 10.0 Å². The van der Waals surface area contributed by atoms with Gasteiger partial charge in [0.15, 0.2) is 0 Å². The van der Waals surface area contributed by atoms with Crippen molar-refractivity contribution < 1.29 is 13.2 Å². The summed E-state index contributed by atoms with van der Waals surface area (Å²) in [5, 5.41) is 0. The van der Waals surface area contributed by atoms with E-state index in [4.69, 9.17) is 5.73 Å². The summed E-state index contributed by atoms with van der Waals surface area (Å²) in [6.07, 6.45) is 2.27. The molecule has 1 heterocycles. The van der Waals surface area contributed by atoms with E-state index in [1.54, 1.807) is 0 Å². The molecule has 0 aromatic heterocycles. The molecule has 7 heteroatoms. The predicted molar refractivity (Wildman–Crippen MR) is 55.6 cm³/mol. The standard InChI is InChI=1S/C7H14N2O3S.ClH/c1-13(11,12)9-4-2-6(3-5-9)7(8)10;/h6H,2-5H2,1H3,(H2,8,10);1H. The first-order valence-electron chi connectivity index (χ1n) is 4.15.